The first-order chi connectivity index (χ1) is 8.65. The summed E-state index contributed by atoms with van der Waals surface area (Å²) < 4.78 is 7.59. The average molecular weight is 331 g/mol. The van der Waals surface area contributed by atoms with Crippen molar-refractivity contribution in [2.24, 2.45) is 7.05 Å². The molecule has 0 amide bonds. The van der Waals surface area contributed by atoms with Crippen LogP contribution in [0.2, 0.25) is 0 Å². The maximum Gasteiger partial charge on any atom is 0.231 e. The zero-order valence-electron chi connectivity index (χ0n) is 9.79. The van der Waals surface area contributed by atoms with Crippen molar-refractivity contribution in [3.05, 3.63) is 22.6 Å². The van der Waals surface area contributed by atoms with E-state index in [1.54, 1.807) is 24.1 Å². The molecule has 8 heteroatoms. The number of nitrogens with zero attached hydrogens (tertiary/aromatic N) is 4. The van der Waals surface area contributed by atoms with Crippen LogP contribution in [0.1, 0.15) is 5.69 Å². The molecule has 1 N–H and O–H groups in total. The third-order valence-electron chi connectivity index (χ3n) is 2.27. The van der Waals surface area contributed by atoms with E-state index >= 15 is 0 Å². The third-order valence-corrected chi connectivity index (χ3v) is 3.75. The van der Waals surface area contributed by atoms with Crippen molar-refractivity contribution in [1.29, 1.82) is 0 Å². The summed E-state index contributed by atoms with van der Waals surface area (Å²) in [6, 6.07) is 0. The Balaban J connectivity index is 2.25. The minimum atomic E-state index is -0.0470. The van der Waals surface area contributed by atoms with Crippen LogP contribution in [0.15, 0.2) is 27.2 Å². The molecule has 2 heterocycles. The summed E-state index contributed by atoms with van der Waals surface area (Å²) in [5.74, 6) is 0.476. The summed E-state index contributed by atoms with van der Waals surface area (Å²) in [5.41, 5.74) is 0.738. The van der Waals surface area contributed by atoms with Crippen molar-refractivity contribution in [2.45, 2.75) is 16.9 Å². The van der Waals surface area contributed by atoms with Crippen LogP contribution in [-0.2, 0) is 13.7 Å². The van der Waals surface area contributed by atoms with E-state index in [1.807, 2.05) is 7.05 Å². The highest BCUT2D eigenvalue weighted by Gasteiger charge is 2.11. The topological polar surface area (TPSA) is 73.1 Å². The standard InChI is InChI=1S/C10H11BrN4O2S/c1-15-6(5-16)3-13-10(15)18-9-12-4-7(11)8(14-9)17-2/h3-4,16H,5H2,1-2H3. The highest BCUT2D eigenvalue weighted by Crippen LogP contribution is 2.28. The van der Waals surface area contributed by atoms with E-state index in [-0.39, 0.29) is 6.61 Å². The van der Waals surface area contributed by atoms with Gasteiger partial charge in [-0.1, -0.05) is 0 Å². The van der Waals surface area contributed by atoms with Crippen molar-refractivity contribution in [3.63, 3.8) is 0 Å². The van der Waals surface area contributed by atoms with Gasteiger partial charge >= 0.3 is 0 Å². The van der Waals surface area contributed by atoms with E-state index in [9.17, 15) is 0 Å². The smallest absolute Gasteiger partial charge is 0.231 e. The summed E-state index contributed by atoms with van der Waals surface area (Å²) in [5, 5.41) is 10.3. The Morgan fingerprint density at radius 1 is 1.44 bits per heavy atom. The summed E-state index contributed by atoms with van der Waals surface area (Å²) in [7, 11) is 3.38. The van der Waals surface area contributed by atoms with Gasteiger partial charge in [-0.15, -0.1) is 0 Å². The Bertz CT molecular complexity index is 561. The van der Waals surface area contributed by atoms with Gasteiger partial charge < -0.3 is 14.4 Å². The molecular formula is C10H11BrN4O2S. The summed E-state index contributed by atoms with van der Waals surface area (Å²) >= 11 is 4.60. The third kappa shape index (κ3) is 2.65. The van der Waals surface area contributed by atoms with E-state index in [2.05, 4.69) is 30.9 Å². The number of hydrogen-bond donors (Lipinski definition) is 1. The Morgan fingerprint density at radius 3 is 2.83 bits per heavy atom. The first kappa shape index (κ1) is 13.3. The van der Waals surface area contributed by atoms with Crippen molar-refractivity contribution in [2.75, 3.05) is 7.11 Å². The van der Waals surface area contributed by atoms with E-state index in [0.717, 1.165) is 5.69 Å². The van der Waals surface area contributed by atoms with Crippen LogP contribution < -0.4 is 4.74 Å². The maximum absolute atomic E-state index is 9.09. The number of halogens is 1. The number of aromatic nitrogens is 4. The molecule has 0 atom stereocenters. The average Bonchev–Trinajstić information content (AvgIpc) is 2.73. The van der Waals surface area contributed by atoms with Crippen molar-refractivity contribution < 1.29 is 9.84 Å². The number of imidazole rings is 1. The fraction of sp³-hybridized carbons (Fsp3) is 0.300. The molecule has 0 saturated heterocycles. The van der Waals surface area contributed by atoms with Gasteiger partial charge in [-0.05, 0) is 27.7 Å². The molecule has 0 aliphatic rings. The molecule has 2 aromatic rings. The second-order valence-corrected chi connectivity index (χ2v) is 5.15. The Morgan fingerprint density at radius 2 is 2.22 bits per heavy atom. The second kappa shape index (κ2) is 5.68. The van der Waals surface area contributed by atoms with Crippen molar-refractivity contribution in [3.8, 4) is 5.88 Å². The molecule has 0 saturated carbocycles. The minimum absolute atomic E-state index is 0.0470. The van der Waals surface area contributed by atoms with Crippen LogP contribution in [-0.4, -0.2) is 31.7 Å². The van der Waals surface area contributed by atoms with Gasteiger partial charge in [-0.2, -0.15) is 4.98 Å². The normalized spacial score (nSPS) is 10.7. The molecular weight excluding hydrogens is 320 g/mol. The Kier molecular flexibility index (Phi) is 4.20. The SMILES string of the molecule is COc1nc(Sc2ncc(CO)n2C)ncc1Br. The molecule has 18 heavy (non-hydrogen) atoms. The lowest BCUT2D eigenvalue weighted by Crippen LogP contribution is -1.98. The molecule has 96 valence electrons. The highest BCUT2D eigenvalue weighted by molar-refractivity contribution is 9.10. The van der Waals surface area contributed by atoms with E-state index < -0.39 is 0 Å². The predicted molar refractivity (Wildman–Crippen MR) is 69.5 cm³/mol. The van der Waals surface area contributed by atoms with Crippen LogP contribution in [0.25, 0.3) is 0 Å². The van der Waals surface area contributed by atoms with Gasteiger partial charge in [0.05, 0.1) is 30.1 Å². The van der Waals surface area contributed by atoms with Crippen molar-refractivity contribution >= 4 is 27.7 Å². The first-order valence-corrected chi connectivity index (χ1v) is 6.62. The lowest BCUT2D eigenvalue weighted by Gasteiger charge is -2.05. The van der Waals surface area contributed by atoms with Gasteiger partial charge in [-0.3, -0.25) is 0 Å². The number of hydrogen-bond acceptors (Lipinski definition) is 6. The lowest BCUT2D eigenvalue weighted by atomic mass is 10.5. The quantitative estimate of drug-likeness (QED) is 0.859. The van der Waals surface area contributed by atoms with Gasteiger partial charge in [0.15, 0.2) is 10.3 Å². The molecule has 6 nitrogen and oxygen atoms in total. The molecule has 0 spiro atoms. The van der Waals surface area contributed by atoms with Gasteiger partial charge in [-0.25, -0.2) is 9.97 Å². The summed E-state index contributed by atoms with van der Waals surface area (Å²) in [6.45, 7) is -0.0470. The predicted octanol–water partition coefficient (Wildman–Crippen LogP) is 1.62. The molecule has 2 rings (SSSR count). The Hall–Kier alpha value is -1.12. The fourth-order valence-corrected chi connectivity index (χ4v) is 2.39. The zero-order chi connectivity index (χ0) is 13.1. The molecule has 0 aliphatic heterocycles. The molecule has 0 bridgehead atoms. The number of ether oxygens (including phenoxy) is 1. The van der Waals surface area contributed by atoms with Crippen LogP contribution in [0, 0.1) is 0 Å². The molecule has 0 unspecified atom stereocenters. The summed E-state index contributed by atoms with van der Waals surface area (Å²) in [6.07, 6.45) is 3.25. The van der Waals surface area contributed by atoms with Gasteiger partial charge in [0.25, 0.3) is 0 Å². The van der Waals surface area contributed by atoms with Gasteiger partial charge in [0.1, 0.15) is 0 Å². The molecule has 2 aromatic heterocycles. The van der Waals surface area contributed by atoms with Crippen LogP contribution in [0.3, 0.4) is 0 Å². The highest BCUT2D eigenvalue weighted by atomic mass is 79.9. The van der Waals surface area contributed by atoms with Crippen LogP contribution in [0.4, 0.5) is 0 Å². The minimum Gasteiger partial charge on any atom is -0.480 e. The number of aliphatic hydroxyl groups excluding tert-OH is 1. The maximum atomic E-state index is 9.09. The lowest BCUT2D eigenvalue weighted by molar-refractivity contribution is 0.271. The number of aliphatic hydroxyl groups is 1. The largest absolute Gasteiger partial charge is 0.480 e. The van der Waals surface area contributed by atoms with E-state index in [4.69, 9.17) is 9.84 Å². The van der Waals surface area contributed by atoms with Crippen LogP contribution in [0.5, 0.6) is 5.88 Å². The van der Waals surface area contributed by atoms with Crippen LogP contribution >= 0.6 is 27.7 Å². The van der Waals surface area contributed by atoms with Gasteiger partial charge in [0, 0.05) is 13.2 Å². The molecule has 0 aliphatic carbocycles. The van der Waals surface area contributed by atoms with E-state index in [0.29, 0.717) is 20.7 Å². The Labute approximate surface area is 117 Å². The fourth-order valence-electron chi connectivity index (χ4n) is 1.28. The monoisotopic (exact) mass is 330 g/mol. The number of methoxy groups -OCH3 is 1. The van der Waals surface area contributed by atoms with Gasteiger partial charge in [0.2, 0.25) is 5.88 Å². The second-order valence-electron chi connectivity index (χ2n) is 3.36. The first-order valence-electron chi connectivity index (χ1n) is 5.01. The summed E-state index contributed by atoms with van der Waals surface area (Å²) in [4.78, 5) is 12.6. The molecule has 0 radical (unpaired) electrons. The zero-order valence-corrected chi connectivity index (χ0v) is 12.2. The van der Waals surface area contributed by atoms with E-state index in [1.165, 1.54) is 11.8 Å². The molecule has 0 fully saturated rings. The van der Waals surface area contributed by atoms with Crippen molar-refractivity contribution in [1.82, 2.24) is 19.5 Å². The number of rotatable bonds is 4. The molecule has 0 aromatic carbocycles.